The van der Waals surface area contributed by atoms with Crippen molar-refractivity contribution in [3.05, 3.63) is 59.7 Å². The second kappa shape index (κ2) is 6.44. The molecule has 1 amide bonds. The number of aryl methyl sites for hydroxylation is 1. The minimum absolute atomic E-state index is 0.247. The number of nitrogens with zero attached hydrogens (tertiary/aromatic N) is 4. The number of para-hydroxylation sites is 2. The van der Waals surface area contributed by atoms with Gasteiger partial charge in [-0.05, 0) is 34.9 Å². The smallest absolute Gasteiger partial charge is 0.222 e. The maximum absolute atomic E-state index is 11.4. The molecule has 26 heavy (non-hydrogen) atoms. The third-order valence-corrected chi connectivity index (χ3v) is 4.11. The van der Waals surface area contributed by atoms with Gasteiger partial charge in [0.25, 0.3) is 0 Å². The van der Waals surface area contributed by atoms with E-state index in [4.69, 9.17) is 4.63 Å². The lowest BCUT2D eigenvalue weighted by Crippen LogP contribution is -2.09. The van der Waals surface area contributed by atoms with Crippen molar-refractivity contribution in [2.45, 2.75) is 20.4 Å². The third-order valence-electron chi connectivity index (χ3n) is 4.11. The summed E-state index contributed by atoms with van der Waals surface area (Å²) in [6, 6.07) is 16.2. The molecule has 4 aromatic rings. The fourth-order valence-corrected chi connectivity index (χ4v) is 2.88. The Kier molecular flexibility index (Phi) is 3.96. The number of amides is 1. The predicted molar refractivity (Wildman–Crippen MR) is 97.6 cm³/mol. The SMILES string of the molecule is CC(=O)Nc1nonc1-c1nc2ccccc2n1Cc1ccc(C)cc1. The zero-order valence-electron chi connectivity index (χ0n) is 14.4. The summed E-state index contributed by atoms with van der Waals surface area (Å²) in [5.74, 6) is 0.609. The Bertz CT molecular complexity index is 1080. The van der Waals surface area contributed by atoms with Gasteiger partial charge >= 0.3 is 0 Å². The highest BCUT2D eigenvalue weighted by molar-refractivity contribution is 5.91. The first kappa shape index (κ1) is 16.0. The Morgan fingerprint density at radius 3 is 2.65 bits per heavy atom. The van der Waals surface area contributed by atoms with Crippen LogP contribution in [0.5, 0.6) is 0 Å². The normalized spacial score (nSPS) is 11.0. The molecule has 0 spiro atoms. The van der Waals surface area contributed by atoms with Gasteiger partial charge in [-0.25, -0.2) is 9.61 Å². The largest absolute Gasteiger partial charge is 0.318 e. The molecule has 7 nitrogen and oxygen atoms in total. The summed E-state index contributed by atoms with van der Waals surface area (Å²) in [5.41, 5.74) is 4.56. The number of carbonyl (C=O) groups excluding carboxylic acids is 1. The van der Waals surface area contributed by atoms with E-state index in [-0.39, 0.29) is 11.7 Å². The third kappa shape index (κ3) is 2.95. The molecule has 0 fully saturated rings. The molecule has 0 radical (unpaired) electrons. The molecule has 0 aliphatic carbocycles. The van der Waals surface area contributed by atoms with Crippen LogP contribution in [-0.4, -0.2) is 25.8 Å². The van der Waals surface area contributed by atoms with Crippen molar-refractivity contribution >= 4 is 22.8 Å². The zero-order valence-corrected chi connectivity index (χ0v) is 14.4. The number of benzene rings is 2. The molecule has 0 aliphatic rings. The first-order chi connectivity index (χ1) is 12.6. The van der Waals surface area contributed by atoms with Crippen LogP contribution in [0.3, 0.4) is 0 Å². The summed E-state index contributed by atoms with van der Waals surface area (Å²) < 4.78 is 6.90. The van der Waals surface area contributed by atoms with Crippen molar-refractivity contribution in [2.24, 2.45) is 0 Å². The van der Waals surface area contributed by atoms with Gasteiger partial charge in [-0.2, -0.15) is 0 Å². The molecule has 1 N–H and O–H groups in total. The number of carbonyl (C=O) groups is 1. The number of rotatable bonds is 4. The molecule has 0 aliphatic heterocycles. The molecule has 130 valence electrons. The van der Waals surface area contributed by atoms with Gasteiger partial charge < -0.3 is 9.88 Å². The molecule has 0 saturated heterocycles. The van der Waals surface area contributed by atoms with E-state index in [9.17, 15) is 4.79 Å². The highest BCUT2D eigenvalue weighted by Crippen LogP contribution is 2.28. The van der Waals surface area contributed by atoms with E-state index in [0.717, 1.165) is 16.6 Å². The van der Waals surface area contributed by atoms with E-state index >= 15 is 0 Å². The standard InChI is InChI=1S/C19H17N5O2/c1-12-7-9-14(10-8-12)11-24-16-6-4-3-5-15(16)21-19(24)17-18(20-13(2)25)23-26-22-17/h3-10H,11H2,1-2H3,(H,20,23,25). The Balaban J connectivity index is 1.85. The number of anilines is 1. The first-order valence-electron chi connectivity index (χ1n) is 8.23. The van der Waals surface area contributed by atoms with Crippen molar-refractivity contribution in [1.29, 1.82) is 0 Å². The average molecular weight is 347 g/mol. The van der Waals surface area contributed by atoms with Gasteiger partial charge in [0.05, 0.1) is 11.0 Å². The van der Waals surface area contributed by atoms with Crippen molar-refractivity contribution in [1.82, 2.24) is 19.9 Å². The van der Waals surface area contributed by atoms with Crippen molar-refractivity contribution in [3.63, 3.8) is 0 Å². The van der Waals surface area contributed by atoms with E-state index in [1.807, 2.05) is 28.8 Å². The Hall–Kier alpha value is -3.48. The van der Waals surface area contributed by atoms with Crippen LogP contribution in [0.2, 0.25) is 0 Å². The lowest BCUT2D eigenvalue weighted by atomic mass is 10.1. The Morgan fingerprint density at radius 1 is 1.12 bits per heavy atom. The number of fused-ring (bicyclic) bond motifs is 1. The molecule has 2 aromatic heterocycles. The molecule has 4 rings (SSSR count). The summed E-state index contributed by atoms with van der Waals surface area (Å²) >= 11 is 0. The topological polar surface area (TPSA) is 85.8 Å². The molecule has 0 unspecified atom stereocenters. The summed E-state index contributed by atoms with van der Waals surface area (Å²) in [6.07, 6.45) is 0. The second-order valence-corrected chi connectivity index (χ2v) is 6.14. The number of aromatic nitrogens is 4. The van der Waals surface area contributed by atoms with Crippen molar-refractivity contribution < 1.29 is 9.42 Å². The first-order valence-corrected chi connectivity index (χ1v) is 8.23. The van der Waals surface area contributed by atoms with Crippen LogP contribution < -0.4 is 5.32 Å². The highest BCUT2D eigenvalue weighted by atomic mass is 16.6. The van der Waals surface area contributed by atoms with Crippen LogP contribution in [0.4, 0.5) is 5.82 Å². The van der Waals surface area contributed by atoms with Crippen molar-refractivity contribution in [3.8, 4) is 11.5 Å². The Morgan fingerprint density at radius 2 is 1.88 bits per heavy atom. The van der Waals surface area contributed by atoms with E-state index in [0.29, 0.717) is 18.1 Å². The van der Waals surface area contributed by atoms with Crippen LogP contribution in [0.25, 0.3) is 22.6 Å². The van der Waals surface area contributed by atoms with Gasteiger partial charge in [0, 0.05) is 13.5 Å². The molecule has 0 bridgehead atoms. The summed E-state index contributed by atoms with van der Waals surface area (Å²) in [7, 11) is 0. The highest BCUT2D eigenvalue weighted by Gasteiger charge is 2.21. The van der Waals surface area contributed by atoms with Gasteiger partial charge in [-0.15, -0.1) is 0 Å². The molecule has 0 atom stereocenters. The second-order valence-electron chi connectivity index (χ2n) is 6.14. The zero-order chi connectivity index (χ0) is 18.1. The van der Waals surface area contributed by atoms with Crippen LogP contribution in [0.15, 0.2) is 53.2 Å². The quantitative estimate of drug-likeness (QED) is 0.611. The fourth-order valence-electron chi connectivity index (χ4n) is 2.88. The molecule has 2 aromatic carbocycles. The van der Waals surface area contributed by atoms with Crippen LogP contribution >= 0.6 is 0 Å². The maximum Gasteiger partial charge on any atom is 0.222 e. The van der Waals surface area contributed by atoms with E-state index in [2.05, 4.69) is 51.8 Å². The fraction of sp³-hybridized carbons (Fsp3) is 0.158. The monoisotopic (exact) mass is 347 g/mol. The molecule has 7 heteroatoms. The van der Waals surface area contributed by atoms with E-state index < -0.39 is 0 Å². The van der Waals surface area contributed by atoms with Crippen LogP contribution in [-0.2, 0) is 11.3 Å². The van der Waals surface area contributed by atoms with Gasteiger partial charge in [-0.1, -0.05) is 42.0 Å². The predicted octanol–water partition coefficient (Wildman–Crippen LogP) is 3.40. The molecule has 2 heterocycles. The molecule has 0 saturated carbocycles. The molecular weight excluding hydrogens is 330 g/mol. The number of imidazole rings is 1. The van der Waals surface area contributed by atoms with Crippen molar-refractivity contribution in [2.75, 3.05) is 5.32 Å². The van der Waals surface area contributed by atoms with Gasteiger partial charge in [0.15, 0.2) is 11.5 Å². The van der Waals surface area contributed by atoms with E-state index in [1.54, 1.807) is 0 Å². The summed E-state index contributed by atoms with van der Waals surface area (Å²) in [4.78, 5) is 16.1. The van der Waals surface area contributed by atoms with Gasteiger partial charge in [0.2, 0.25) is 11.7 Å². The minimum Gasteiger partial charge on any atom is -0.318 e. The van der Waals surface area contributed by atoms with E-state index in [1.165, 1.54) is 12.5 Å². The van der Waals surface area contributed by atoms with Crippen LogP contribution in [0.1, 0.15) is 18.1 Å². The summed E-state index contributed by atoms with van der Waals surface area (Å²) in [5, 5.41) is 10.4. The Labute approximate surface area is 149 Å². The van der Waals surface area contributed by atoms with Gasteiger partial charge in [-0.3, -0.25) is 4.79 Å². The maximum atomic E-state index is 11.4. The minimum atomic E-state index is -0.247. The number of nitrogens with one attached hydrogen (secondary N) is 1. The lowest BCUT2D eigenvalue weighted by Gasteiger charge is -2.09. The van der Waals surface area contributed by atoms with Crippen LogP contribution in [0, 0.1) is 6.92 Å². The number of hydrogen-bond donors (Lipinski definition) is 1. The number of hydrogen-bond acceptors (Lipinski definition) is 5. The molecular formula is C19H17N5O2. The lowest BCUT2D eigenvalue weighted by molar-refractivity contribution is -0.114. The van der Waals surface area contributed by atoms with Gasteiger partial charge in [0.1, 0.15) is 0 Å². The average Bonchev–Trinajstić information content (AvgIpc) is 3.21. The summed E-state index contributed by atoms with van der Waals surface area (Å²) in [6.45, 7) is 4.08.